The molecule has 1 unspecified atom stereocenters. The number of rotatable bonds is 6. The highest BCUT2D eigenvalue weighted by molar-refractivity contribution is 9.10. The minimum absolute atomic E-state index is 0.299. The fourth-order valence-corrected chi connectivity index (χ4v) is 1.44. The highest BCUT2D eigenvalue weighted by Crippen LogP contribution is 2.17. The SMILES string of the molecule is O=C(COc1cccc(Br)c1)NCC(O)C(F)F. The van der Waals surface area contributed by atoms with Crippen LogP contribution in [-0.4, -0.2) is 36.7 Å². The number of aliphatic hydroxyl groups excluding tert-OH is 1. The molecule has 0 aliphatic rings. The van der Waals surface area contributed by atoms with E-state index in [1.807, 2.05) is 0 Å². The van der Waals surface area contributed by atoms with Crippen molar-refractivity contribution in [2.24, 2.45) is 0 Å². The molecular formula is C11H12BrF2NO3. The van der Waals surface area contributed by atoms with Crippen LogP contribution in [0.5, 0.6) is 5.75 Å². The van der Waals surface area contributed by atoms with E-state index in [4.69, 9.17) is 9.84 Å². The number of ether oxygens (including phenoxy) is 1. The van der Waals surface area contributed by atoms with Crippen molar-refractivity contribution < 1.29 is 23.4 Å². The second-order valence-corrected chi connectivity index (χ2v) is 4.37. The van der Waals surface area contributed by atoms with Gasteiger partial charge in [0.15, 0.2) is 6.61 Å². The number of hydrogen-bond donors (Lipinski definition) is 2. The summed E-state index contributed by atoms with van der Waals surface area (Å²) in [5.74, 6) is -0.0939. The Morgan fingerprint density at radius 1 is 1.50 bits per heavy atom. The number of carbonyl (C=O) groups excluding carboxylic acids is 1. The van der Waals surface area contributed by atoms with Crippen molar-refractivity contribution in [1.82, 2.24) is 5.32 Å². The molecule has 1 atom stereocenters. The second kappa shape index (κ2) is 7.27. The molecule has 4 nitrogen and oxygen atoms in total. The molecule has 1 aromatic carbocycles. The van der Waals surface area contributed by atoms with E-state index in [0.717, 1.165) is 4.47 Å². The summed E-state index contributed by atoms with van der Waals surface area (Å²) in [6.45, 7) is -0.801. The van der Waals surface area contributed by atoms with Crippen molar-refractivity contribution in [1.29, 1.82) is 0 Å². The lowest BCUT2D eigenvalue weighted by Crippen LogP contribution is -2.38. The molecule has 1 amide bonds. The number of alkyl halides is 2. The van der Waals surface area contributed by atoms with Gasteiger partial charge in [-0.1, -0.05) is 22.0 Å². The predicted octanol–water partition coefficient (Wildman–Crippen LogP) is 1.57. The van der Waals surface area contributed by atoms with Crippen molar-refractivity contribution in [3.63, 3.8) is 0 Å². The topological polar surface area (TPSA) is 58.6 Å². The zero-order chi connectivity index (χ0) is 13.5. The molecule has 0 aromatic heterocycles. The van der Waals surface area contributed by atoms with Crippen LogP contribution in [-0.2, 0) is 4.79 Å². The number of halogens is 3. The zero-order valence-corrected chi connectivity index (χ0v) is 10.9. The third-order valence-electron chi connectivity index (χ3n) is 1.97. The van der Waals surface area contributed by atoms with Crippen molar-refractivity contribution >= 4 is 21.8 Å². The van der Waals surface area contributed by atoms with Gasteiger partial charge in [0, 0.05) is 11.0 Å². The fraction of sp³-hybridized carbons (Fsp3) is 0.364. The van der Waals surface area contributed by atoms with E-state index in [2.05, 4.69) is 21.2 Å². The molecule has 1 aromatic rings. The number of hydrogen-bond acceptors (Lipinski definition) is 3. The highest BCUT2D eigenvalue weighted by Gasteiger charge is 2.17. The molecule has 0 bridgehead atoms. The first-order valence-corrected chi connectivity index (χ1v) is 5.89. The van der Waals surface area contributed by atoms with Crippen LogP contribution in [0.15, 0.2) is 28.7 Å². The Hall–Kier alpha value is -1.21. The largest absolute Gasteiger partial charge is 0.484 e. The normalized spacial score (nSPS) is 12.3. The summed E-state index contributed by atoms with van der Waals surface area (Å²) in [5.41, 5.74) is 0. The standard InChI is InChI=1S/C11H12BrF2NO3/c12-7-2-1-3-8(4-7)18-6-10(17)15-5-9(16)11(13)14/h1-4,9,11,16H,5-6H2,(H,15,17). The first-order valence-electron chi connectivity index (χ1n) is 5.10. The van der Waals surface area contributed by atoms with Crippen molar-refractivity contribution in [2.45, 2.75) is 12.5 Å². The van der Waals surface area contributed by atoms with Crippen LogP contribution in [0.3, 0.4) is 0 Å². The fourth-order valence-electron chi connectivity index (χ4n) is 1.06. The van der Waals surface area contributed by atoms with Crippen molar-refractivity contribution in [2.75, 3.05) is 13.2 Å². The molecule has 2 N–H and O–H groups in total. The van der Waals surface area contributed by atoms with E-state index in [1.165, 1.54) is 0 Å². The Kier molecular flexibility index (Phi) is 6.00. The monoisotopic (exact) mass is 323 g/mol. The molecule has 0 radical (unpaired) electrons. The Morgan fingerprint density at radius 3 is 2.83 bits per heavy atom. The van der Waals surface area contributed by atoms with Gasteiger partial charge in [-0.3, -0.25) is 4.79 Å². The lowest BCUT2D eigenvalue weighted by Gasteiger charge is -2.11. The van der Waals surface area contributed by atoms with Gasteiger partial charge < -0.3 is 15.2 Å². The van der Waals surface area contributed by atoms with Gasteiger partial charge in [-0.15, -0.1) is 0 Å². The van der Waals surface area contributed by atoms with Gasteiger partial charge in [0.2, 0.25) is 0 Å². The summed E-state index contributed by atoms with van der Waals surface area (Å²) in [7, 11) is 0. The third kappa shape index (κ3) is 5.42. The lowest BCUT2D eigenvalue weighted by atomic mass is 10.3. The van der Waals surface area contributed by atoms with Crippen molar-refractivity contribution in [3.8, 4) is 5.75 Å². The van der Waals surface area contributed by atoms with E-state index < -0.39 is 25.0 Å². The smallest absolute Gasteiger partial charge is 0.265 e. The van der Waals surface area contributed by atoms with Gasteiger partial charge in [-0.25, -0.2) is 8.78 Å². The summed E-state index contributed by atoms with van der Waals surface area (Å²) < 4.78 is 29.8. The van der Waals surface area contributed by atoms with E-state index in [9.17, 15) is 13.6 Å². The molecule has 100 valence electrons. The van der Waals surface area contributed by atoms with Crippen LogP contribution >= 0.6 is 15.9 Å². The Balaban J connectivity index is 2.29. The predicted molar refractivity (Wildman–Crippen MR) is 64.7 cm³/mol. The molecule has 0 fully saturated rings. The summed E-state index contributed by atoms with van der Waals surface area (Å²) in [6.07, 6.45) is -4.74. The van der Waals surface area contributed by atoms with Crippen LogP contribution in [0.1, 0.15) is 0 Å². The quantitative estimate of drug-likeness (QED) is 0.835. The molecule has 0 aliphatic heterocycles. The van der Waals surface area contributed by atoms with E-state index in [1.54, 1.807) is 24.3 Å². The van der Waals surface area contributed by atoms with Crippen LogP contribution in [0, 0.1) is 0 Å². The Labute approximate surface area is 111 Å². The van der Waals surface area contributed by atoms with E-state index in [-0.39, 0.29) is 6.61 Å². The van der Waals surface area contributed by atoms with Gasteiger partial charge in [0.25, 0.3) is 12.3 Å². The van der Waals surface area contributed by atoms with Crippen LogP contribution in [0.25, 0.3) is 0 Å². The number of benzene rings is 1. The maximum atomic E-state index is 11.9. The van der Waals surface area contributed by atoms with Gasteiger partial charge in [0.1, 0.15) is 11.9 Å². The van der Waals surface area contributed by atoms with Crippen molar-refractivity contribution in [3.05, 3.63) is 28.7 Å². The van der Waals surface area contributed by atoms with Crippen LogP contribution in [0.2, 0.25) is 0 Å². The first-order chi connectivity index (χ1) is 8.49. The molecule has 7 heteroatoms. The number of amides is 1. The maximum absolute atomic E-state index is 11.9. The highest BCUT2D eigenvalue weighted by atomic mass is 79.9. The number of nitrogens with one attached hydrogen (secondary N) is 1. The average molecular weight is 324 g/mol. The van der Waals surface area contributed by atoms with E-state index in [0.29, 0.717) is 5.75 Å². The first kappa shape index (κ1) is 14.8. The summed E-state index contributed by atoms with van der Waals surface area (Å²) in [4.78, 5) is 11.2. The summed E-state index contributed by atoms with van der Waals surface area (Å²) in [6, 6.07) is 6.86. The molecule has 0 saturated heterocycles. The molecule has 0 aliphatic carbocycles. The van der Waals surface area contributed by atoms with Crippen LogP contribution < -0.4 is 10.1 Å². The van der Waals surface area contributed by atoms with Gasteiger partial charge in [-0.05, 0) is 18.2 Å². The Morgan fingerprint density at radius 2 is 2.22 bits per heavy atom. The average Bonchev–Trinajstić information content (AvgIpc) is 2.33. The summed E-state index contributed by atoms with van der Waals surface area (Å²) in [5, 5.41) is 10.9. The summed E-state index contributed by atoms with van der Waals surface area (Å²) >= 11 is 3.24. The molecule has 18 heavy (non-hydrogen) atoms. The molecule has 0 spiro atoms. The van der Waals surface area contributed by atoms with Gasteiger partial charge in [0.05, 0.1) is 0 Å². The second-order valence-electron chi connectivity index (χ2n) is 3.45. The maximum Gasteiger partial charge on any atom is 0.265 e. The minimum Gasteiger partial charge on any atom is -0.484 e. The van der Waals surface area contributed by atoms with Gasteiger partial charge >= 0.3 is 0 Å². The third-order valence-corrected chi connectivity index (χ3v) is 2.46. The van der Waals surface area contributed by atoms with Crippen LogP contribution in [0.4, 0.5) is 8.78 Å². The molecule has 0 heterocycles. The minimum atomic E-state index is -2.88. The molecular weight excluding hydrogens is 312 g/mol. The molecule has 1 rings (SSSR count). The lowest BCUT2D eigenvalue weighted by molar-refractivity contribution is -0.124. The van der Waals surface area contributed by atoms with E-state index >= 15 is 0 Å². The molecule has 0 saturated carbocycles. The number of aliphatic hydroxyl groups is 1. The number of carbonyl (C=O) groups is 1. The zero-order valence-electron chi connectivity index (χ0n) is 9.28. The van der Waals surface area contributed by atoms with Gasteiger partial charge in [-0.2, -0.15) is 0 Å². The Bertz CT molecular complexity index is 404.